The van der Waals surface area contributed by atoms with Crippen LogP contribution in [0.25, 0.3) is 11.8 Å². The van der Waals surface area contributed by atoms with Gasteiger partial charge in [0.25, 0.3) is 0 Å². The molecule has 1 heterocycles. The lowest BCUT2D eigenvalue weighted by Gasteiger charge is -2.18. The number of nitrogens with zero attached hydrogens (tertiary/aromatic N) is 3. The largest absolute Gasteiger partial charge is 0.399 e. The van der Waals surface area contributed by atoms with E-state index in [0.29, 0.717) is 17.5 Å². The zero-order valence-corrected chi connectivity index (χ0v) is 15.6. The molecule has 144 valence electrons. The Morgan fingerprint density at radius 2 is 1.79 bits per heavy atom. The van der Waals surface area contributed by atoms with Crippen LogP contribution in [0.4, 0.5) is 13.2 Å². The molecule has 0 fully saturated rings. The predicted octanol–water partition coefficient (Wildman–Crippen LogP) is 5.75. The van der Waals surface area contributed by atoms with Gasteiger partial charge in [-0.1, -0.05) is 41.4 Å². The van der Waals surface area contributed by atoms with Gasteiger partial charge >= 0.3 is 6.18 Å². The zero-order valence-electron chi connectivity index (χ0n) is 14.1. The van der Waals surface area contributed by atoms with Gasteiger partial charge in [0.05, 0.1) is 11.6 Å². The fourth-order valence-corrected chi connectivity index (χ4v) is 3.23. The third-order valence-corrected chi connectivity index (χ3v) is 4.36. The highest BCUT2D eigenvalue weighted by atomic mass is 35.5. The molecule has 4 nitrogen and oxygen atoms in total. The van der Waals surface area contributed by atoms with Crippen molar-refractivity contribution in [3.8, 4) is 5.69 Å². The van der Waals surface area contributed by atoms with Crippen molar-refractivity contribution in [3.05, 3.63) is 81.9 Å². The van der Waals surface area contributed by atoms with Gasteiger partial charge in [-0.25, -0.2) is 9.67 Å². The van der Waals surface area contributed by atoms with Crippen molar-refractivity contribution in [3.63, 3.8) is 0 Å². The summed E-state index contributed by atoms with van der Waals surface area (Å²) in [5, 5.41) is 4.17. The van der Waals surface area contributed by atoms with Crippen LogP contribution in [-0.4, -0.2) is 27.2 Å². The zero-order chi connectivity index (χ0) is 20.3. The average Bonchev–Trinajstić information content (AvgIpc) is 3.14. The number of allylic oxidation sites excluding steroid dienone is 1. The monoisotopic (exact) mass is 425 g/mol. The van der Waals surface area contributed by atoms with Gasteiger partial charge in [0.15, 0.2) is 6.29 Å². The van der Waals surface area contributed by atoms with Crippen LogP contribution < -0.4 is 0 Å². The molecule has 2 aromatic carbocycles. The van der Waals surface area contributed by atoms with Crippen LogP contribution in [0, 0.1) is 0 Å². The minimum Gasteiger partial charge on any atom is -0.298 e. The van der Waals surface area contributed by atoms with Crippen molar-refractivity contribution in [1.82, 2.24) is 14.8 Å². The van der Waals surface area contributed by atoms with Crippen molar-refractivity contribution in [2.75, 3.05) is 0 Å². The van der Waals surface area contributed by atoms with Gasteiger partial charge in [-0.05, 0) is 41.5 Å². The number of carbonyl (C=O) groups is 1. The quantitative estimate of drug-likeness (QED) is 0.489. The van der Waals surface area contributed by atoms with Crippen LogP contribution in [-0.2, 0) is 0 Å². The first kappa shape index (κ1) is 20.1. The molecule has 0 aliphatic rings. The maximum Gasteiger partial charge on any atom is 0.399 e. The lowest BCUT2D eigenvalue weighted by molar-refractivity contribution is -0.139. The van der Waals surface area contributed by atoms with E-state index in [1.54, 1.807) is 12.1 Å². The van der Waals surface area contributed by atoms with Crippen LogP contribution in [0.3, 0.4) is 0 Å². The molecule has 1 atom stereocenters. The average molecular weight is 426 g/mol. The van der Waals surface area contributed by atoms with E-state index >= 15 is 0 Å². The molecule has 0 aliphatic carbocycles. The number of aldehydes is 1. The Kier molecular flexibility index (Phi) is 5.86. The number of benzene rings is 2. The van der Waals surface area contributed by atoms with E-state index in [4.69, 9.17) is 23.2 Å². The molecule has 1 aromatic heterocycles. The molecule has 0 aliphatic heterocycles. The molecule has 1 unspecified atom stereocenters. The van der Waals surface area contributed by atoms with E-state index in [9.17, 15) is 18.0 Å². The molecule has 3 rings (SSSR count). The number of hydrogen-bond acceptors (Lipinski definition) is 3. The Morgan fingerprint density at radius 1 is 1.07 bits per heavy atom. The molecule has 9 heteroatoms. The predicted molar refractivity (Wildman–Crippen MR) is 101 cm³/mol. The summed E-state index contributed by atoms with van der Waals surface area (Å²) in [4.78, 5) is 15.2. The van der Waals surface area contributed by atoms with Gasteiger partial charge in [-0.3, -0.25) is 4.79 Å². The van der Waals surface area contributed by atoms with Gasteiger partial charge < -0.3 is 0 Å². The van der Waals surface area contributed by atoms with Crippen molar-refractivity contribution < 1.29 is 18.0 Å². The van der Waals surface area contributed by atoms with E-state index in [0.717, 1.165) is 6.08 Å². The summed E-state index contributed by atoms with van der Waals surface area (Å²) in [6.45, 7) is 0. The second kappa shape index (κ2) is 8.16. The first-order chi connectivity index (χ1) is 13.3. The first-order valence-corrected chi connectivity index (χ1v) is 8.68. The molecule has 3 aromatic rings. The highest BCUT2D eigenvalue weighted by molar-refractivity contribution is 6.34. The topological polar surface area (TPSA) is 47.8 Å². The third-order valence-electron chi connectivity index (χ3n) is 3.92. The molecule has 0 bridgehead atoms. The second-order valence-electron chi connectivity index (χ2n) is 5.86. The van der Waals surface area contributed by atoms with Crippen LogP contribution in [0.1, 0.15) is 27.4 Å². The maximum atomic E-state index is 13.6. The molecule has 0 N–H and O–H groups in total. The van der Waals surface area contributed by atoms with E-state index in [2.05, 4.69) is 10.1 Å². The molecule has 28 heavy (non-hydrogen) atoms. The van der Waals surface area contributed by atoms with Gasteiger partial charge in [0.1, 0.15) is 12.7 Å². The molecular weight excluding hydrogens is 414 g/mol. The van der Waals surface area contributed by atoms with E-state index < -0.39 is 12.1 Å². The number of halogens is 5. The van der Waals surface area contributed by atoms with Gasteiger partial charge in [-0.2, -0.15) is 18.3 Å². The van der Waals surface area contributed by atoms with Crippen LogP contribution in [0.15, 0.2) is 55.1 Å². The van der Waals surface area contributed by atoms with E-state index in [1.165, 1.54) is 47.7 Å². The lowest BCUT2D eigenvalue weighted by atomic mass is 9.96. The van der Waals surface area contributed by atoms with Gasteiger partial charge in [-0.15, -0.1) is 0 Å². The lowest BCUT2D eigenvalue weighted by Crippen LogP contribution is -2.18. The summed E-state index contributed by atoms with van der Waals surface area (Å²) in [7, 11) is 0. The summed E-state index contributed by atoms with van der Waals surface area (Å²) < 4.78 is 42.1. The van der Waals surface area contributed by atoms with Crippen molar-refractivity contribution in [1.29, 1.82) is 0 Å². The summed E-state index contributed by atoms with van der Waals surface area (Å²) in [5.74, 6) is -1.90. The molecule has 0 amide bonds. The van der Waals surface area contributed by atoms with Crippen LogP contribution in [0.2, 0.25) is 10.0 Å². The Labute approximate surface area is 168 Å². The third kappa shape index (κ3) is 4.61. The highest BCUT2D eigenvalue weighted by Crippen LogP contribution is 2.38. The van der Waals surface area contributed by atoms with Gasteiger partial charge in [0.2, 0.25) is 0 Å². The Hall–Kier alpha value is -2.64. The summed E-state index contributed by atoms with van der Waals surface area (Å²) >= 11 is 11.7. The number of carbonyl (C=O) groups excluding carboxylic acids is 1. The van der Waals surface area contributed by atoms with Crippen LogP contribution in [0.5, 0.6) is 0 Å². The molecule has 0 spiro atoms. The van der Waals surface area contributed by atoms with Crippen molar-refractivity contribution >= 4 is 35.6 Å². The van der Waals surface area contributed by atoms with E-state index in [1.807, 2.05) is 0 Å². The normalized spacial score (nSPS) is 13.0. The fourth-order valence-electron chi connectivity index (χ4n) is 2.68. The Balaban J connectivity index is 1.96. The minimum absolute atomic E-state index is 0.0731. The van der Waals surface area contributed by atoms with Crippen molar-refractivity contribution in [2.45, 2.75) is 12.1 Å². The Morgan fingerprint density at radius 3 is 2.36 bits per heavy atom. The SMILES string of the molecule is O=Cc1cc(C=CC(c2cc(Cl)cc(Cl)c2)C(F)(F)F)ccc1-n1cncn1. The fraction of sp³-hybridized carbons (Fsp3) is 0.105. The number of rotatable bonds is 5. The van der Waals surface area contributed by atoms with E-state index in [-0.39, 0.29) is 21.2 Å². The standard InChI is InChI=1S/C19H12Cl2F3N3O/c20-15-6-13(7-16(21)8-15)17(19(22,23)24)3-1-12-2-4-18(14(5-12)9-28)27-11-25-10-26-27/h1-11,17H. The summed E-state index contributed by atoms with van der Waals surface area (Å²) in [6, 6.07) is 8.44. The summed E-state index contributed by atoms with van der Waals surface area (Å²) in [6.07, 6.45) is 1.09. The van der Waals surface area contributed by atoms with Gasteiger partial charge in [0, 0.05) is 15.6 Å². The minimum atomic E-state index is -4.54. The molecule has 0 saturated heterocycles. The highest BCUT2D eigenvalue weighted by Gasteiger charge is 2.39. The van der Waals surface area contributed by atoms with Crippen LogP contribution >= 0.6 is 23.2 Å². The smallest absolute Gasteiger partial charge is 0.298 e. The molecule has 0 radical (unpaired) electrons. The number of alkyl halides is 3. The maximum absolute atomic E-state index is 13.6. The number of aromatic nitrogens is 3. The van der Waals surface area contributed by atoms with Crippen molar-refractivity contribution in [2.24, 2.45) is 0 Å². The molecule has 0 saturated carbocycles. The first-order valence-electron chi connectivity index (χ1n) is 7.93. The Bertz CT molecular complexity index is 998. The number of hydrogen-bond donors (Lipinski definition) is 0. The molecular formula is C19H12Cl2F3N3O. The second-order valence-corrected chi connectivity index (χ2v) is 6.73. The summed E-state index contributed by atoms with van der Waals surface area (Å²) in [5.41, 5.74) is 1.09.